The molecule has 0 unspecified atom stereocenters. The van der Waals surface area contributed by atoms with Gasteiger partial charge in [-0.25, -0.2) is 4.98 Å². The number of nitrogens with one attached hydrogen (secondary N) is 1. The second-order valence-electron chi connectivity index (χ2n) is 6.06. The summed E-state index contributed by atoms with van der Waals surface area (Å²) in [4.78, 5) is 17.1. The van der Waals surface area contributed by atoms with E-state index < -0.39 is 5.54 Å². The lowest BCUT2D eigenvalue weighted by molar-refractivity contribution is 0.0903. The van der Waals surface area contributed by atoms with Gasteiger partial charge < -0.3 is 9.88 Å². The molecule has 6 heteroatoms. The van der Waals surface area contributed by atoms with E-state index >= 15 is 0 Å². The minimum atomic E-state index is -0.511. The Balaban J connectivity index is 1.89. The van der Waals surface area contributed by atoms with Gasteiger partial charge in [-0.3, -0.25) is 4.79 Å². The first-order chi connectivity index (χ1) is 11.4. The molecule has 0 bridgehead atoms. The van der Waals surface area contributed by atoms with Gasteiger partial charge >= 0.3 is 0 Å². The second-order valence-corrected chi connectivity index (χ2v) is 7.81. The van der Waals surface area contributed by atoms with Crippen LogP contribution in [0.2, 0.25) is 0 Å². The monoisotopic (exact) mass is 403 g/mol. The summed E-state index contributed by atoms with van der Waals surface area (Å²) >= 11 is 5.10. The van der Waals surface area contributed by atoms with Crippen LogP contribution >= 0.6 is 27.3 Å². The fourth-order valence-corrected chi connectivity index (χ4v) is 3.82. The number of hydrogen-bond donors (Lipinski definition) is 1. The zero-order chi connectivity index (χ0) is 17.3. The van der Waals surface area contributed by atoms with Gasteiger partial charge in [0.1, 0.15) is 10.7 Å². The van der Waals surface area contributed by atoms with Crippen molar-refractivity contribution in [2.45, 2.75) is 19.4 Å². The molecule has 0 saturated heterocycles. The molecule has 1 aromatic carbocycles. The minimum Gasteiger partial charge on any atom is -0.340 e. The van der Waals surface area contributed by atoms with E-state index in [0.717, 1.165) is 20.7 Å². The molecular weight excluding hydrogens is 386 g/mol. The smallest absolute Gasteiger partial charge is 0.268 e. The van der Waals surface area contributed by atoms with Gasteiger partial charge in [0.25, 0.3) is 5.91 Å². The van der Waals surface area contributed by atoms with Crippen molar-refractivity contribution < 1.29 is 4.79 Å². The molecule has 0 atom stereocenters. The molecule has 124 valence electrons. The zero-order valence-corrected chi connectivity index (χ0v) is 16.1. The first-order valence-electron chi connectivity index (χ1n) is 7.53. The van der Waals surface area contributed by atoms with Gasteiger partial charge in [-0.1, -0.05) is 34.1 Å². The van der Waals surface area contributed by atoms with Crippen molar-refractivity contribution in [1.29, 1.82) is 0 Å². The van der Waals surface area contributed by atoms with Crippen molar-refractivity contribution in [2.24, 2.45) is 7.05 Å². The molecule has 0 aliphatic carbocycles. The van der Waals surface area contributed by atoms with Crippen LogP contribution in [0.15, 0.2) is 52.4 Å². The molecule has 0 radical (unpaired) electrons. The summed E-state index contributed by atoms with van der Waals surface area (Å²) in [5, 5.41) is 5.87. The molecule has 4 nitrogen and oxygen atoms in total. The number of carbonyl (C=O) groups excluding carboxylic acids is 1. The number of benzene rings is 1. The Morgan fingerprint density at radius 1 is 1.25 bits per heavy atom. The van der Waals surface area contributed by atoms with Crippen molar-refractivity contribution in [3.05, 3.63) is 63.1 Å². The molecule has 0 fully saturated rings. The van der Waals surface area contributed by atoms with Crippen molar-refractivity contribution in [3.63, 3.8) is 0 Å². The molecule has 3 rings (SSSR count). The van der Waals surface area contributed by atoms with E-state index in [0.29, 0.717) is 5.69 Å². The number of hydrogen-bond acceptors (Lipinski definition) is 3. The highest BCUT2D eigenvalue weighted by Gasteiger charge is 2.27. The Morgan fingerprint density at radius 2 is 2.00 bits per heavy atom. The SMILES string of the molecule is Cn1c(C(=O)NC(C)(C)c2nccs2)ccc1-c1ccccc1Br. The highest BCUT2D eigenvalue weighted by Crippen LogP contribution is 2.29. The molecule has 2 aromatic heterocycles. The predicted molar refractivity (Wildman–Crippen MR) is 101 cm³/mol. The fraction of sp³-hybridized carbons (Fsp3) is 0.222. The molecular formula is C18H18BrN3OS. The van der Waals surface area contributed by atoms with E-state index in [2.05, 4.69) is 26.2 Å². The summed E-state index contributed by atoms with van der Waals surface area (Å²) in [6, 6.07) is 11.8. The van der Waals surface area contributed by atoms with Crippen LogP contribution in [0.1, 0.15) is 29.3 Å². The van der Waals surface area contributed by atoms with Crippen LogP contribution in [0, 0.1) is 0 Å². The maximum Gasteiger partial charge on any atom is 0.268 e. The average molecular weight is 404 g/mol. The Hall–Kier alpha value is -1.92. The molecule has 2 heterocycles. The molecule has 0 saturated carbocycles. The van der Waals surface area contributed by atoms with Gasteiger partial charge in [-0.05, 0) is 32.0 Å². The quantitative estimate of drug-likeness (QED) is 0.692. The lowest BCUT2D eigenvalue weighted by Gasteiger charge is -2.24. The number of nitrogens with zero attached hydrogens (tertiary/aromatic N) is 2. The van der Waals surface area contributed by atoms with Crippen molar-refractivity contribution in [2.75, 3.05) is 0 Å². The van der Waals surface area contributed by atoms with Gasteiger partial charge in [0.05, 0.1) is 5.54 Å². The van der Waals surface area contributed by atoms with Crippen LogP contribution in [0.3, 0.4) is 0 Å². The zero-order valence-electron chi connectivity index (χ0n) is 13.7. The molecule has 1 N–H and O–H groups in total. The molecule has 0 aliphatic rings. The summed E-state index contributed by atoms with van der Waals surface area (Å²) in [7, 11) is 1.90. The largest absolute Gasteiger partial charge is 0.340 e. The molecule has 0 aliphatic heterocycles. The van der Waals surface area contributed by atoms with Crippen LogP contribution in [0.4, 0.5) is 0 Å². The predicted octanol–water partition coefficient (Wildman–Crippen LogP) is 4.58. The third-order valence-corrected chi connectivity index (χ3v) is 5.69. The minimum absolute atomic E-state index is 0.115. The van der Waals surface area contributed by atoms with Gasteiger partial charge in [0.2, 0.25) is 0 Å². The Bertz CT molecular complexity index is 868. The van der Waals surface area contributed by atoms with E-state index in [1.165, 1.54) is 11.3 Å². The third kappa shape index (κ3) is 3.16. The highest BCUT2D eigenvalue weighted by atomic mass is 79.9. The third-order valence-electron chi connectivity index (χ3n) is 3.90. The van der Waals surface area contributed by atoms with E-state index in [1.807, 2.05) is 67.2 Å². The van der Waals surface area contributed by atoms with Crippen LogP contribution in [-0.2, 0) is 12.6 Å². The first-order valence-corrected chi connectivity index (χ1v) is 9.20. The van der Waals surface area contributed by atoms with Gasteiger partial charge in [-0.2, -0.15) is 0 Å². The summed E-state index contributed by atoms with van der Waals surface area (Å²) in [5.41, 5.74) is 2.14. The lowest BCUT2D eigenvalue weighted by atomic mass is 10.1. The Kier molecular flexibility index (Phi) is 4.60. The summed E-state index contributed by atoms with van der Waals surface area (Å²) < 4.78 is 2.91. The van der Waals surface area contributed by atoms with Crippen LogP contribution in [0.5, 0.6) is 0 Å². The van der Waals surface area contributed by atoms with Crippen LogP contribution in [0.25, 0.3) is 11.3 Å². The molecule has 3 aromatic rings. The molecule has 24 heavy (non-hydrogen) atoms. The number of halogens is 1. The van der Waals surface area contributed by atoms with E-state index in [9.17, 15) is 4.79 Å². The summed E-state index contributed by atoms with van der Waals surface area (Å²) in [6.07, 6.45) is 1.75. The standard InChI is InChI=1S/C18H18BrN3OS/c1-18(2,17-20-10-11-24-17)21-16(23)15-9-8-14(22(15)3)12-6-4-5-7-13(12)19/h4-11H,1-3H3,(H,21,23). The van der Waals surface area contributed by atoms with Crippen molar-refractivity contribution in [1.82, 2.24) is 14.9 Å². The maximum atomic E-state index is 12.7. The van der Waals surface area contributed by atoms with Gasteiger partial charge in [0.15, 0.2) is 0 Å². The van der Waals surface area contributed by atoms with E-state index in [1.54, 1.807) is 6.20 Å². The number of amides is 1. The average Bonchev–Trinajstić information content (AvgIpc) is 3.17. The second kappa shape index (κ2) is 6.53. The topological polar surface area (TPSA) is 46.9 Å². The normalized spacial score (nSPS) is 11.5. The summed E-state index contributed by atoms with van der Waals surface area (Å²) in [6.45, 7) is 3.92. The van der Waals surface area contributed by atoms with Crippen LogP contribution < -0.4 is 5.32 Å². The van der Waals surface area contributed by atoms with Crippen molar-refractivity contribution in [3.8, 4) is 11.3 Å². The molecule has 0 spiro atoms. The van der Waals surface area contributed by atoms with E-state index in [-0.39, 0.29) is 5.91 Å². The Morgan fingerprint density at radius 3 is 2.67 bits per heavy atom. The van der Waals surface area contributed by atoms with Gasteiger partial charge in [-0.15, -0.1) is 11.3 Å². The van der Waals surface area contributed by atoms with Crippen LogP contribution in [-0.4, -0.2) is 15.5 Å². The number of aromatic nitrogens is 2. The number of thiazole rings is 1. The summed E-state index contributed by atoms with van der Waals surface area (Å²) in [5.74, 6) is -0.115. The lowest BCUT2D eigenvalue weighted by Crippen LogP contribution is -2.41. The van der Waals surface area contributed by atoms with E-state index in [4.69, 9.17) is 0 Å². The first kappa shape index (κ1) is 16.9. The van der Waals surface area contributed by atoms with Crippen molar-refractivity contribution >= 4 is 33.2 Å². The molecule has 1 amide bonds. The fourth-order valence-electron chi connectivity index (χ4n) is 2.61. The number of carbonyl (C=O) groups is 1. The highest BCUT2D eigenvalue weighted by molar-refractivity contribution is 9.10. The Labute approximate surface area is 153 Å². The number of rotatable bonds is 4. The maximum absolute atomic E-state index is 12.7. The van der Waals surface area contributed by atoms with Gasteiger partial charge in [0, 0.05) is 34.4 Å².